The summed E-state index contributed by atoms with van der Waals surface area (Å²) in [6.07, 6.45) is 0. The molecule has 0 amide bonds. The first-order valence-corrected chi connectivity index (χ1v) is 14.6. The minimum atomic E-state index is -3.81. The topological polar surface area (TPSA) is 16.4 Å². The van der Waals surface area contributed by atoms with Crippen molar-refractivity contribution in [3.8, 4) is 11.1 Å². The van der Waals surface area contributed by atoms with E-state index in [1.54, 1.807) is 0 Å². The van der Waals surface area contributed by atoms with Crippen LogP contribution in [0, 0.1) is 0 Å². The predicted molar refractivity (Wildman–Crippen MR) is 199 cm³/mol. The van der Waals surface area contributed by atoms with Gasteiger partial charge in [0.05, 0.1) is 41.3 Å². The lowest BCUT2D eigenvalue weighted by atomic mass is 9.74. The number of nitrogens with zero attached hydrogens (tertiary/aromatic N) is 1. The van der Waals surface area contributed by atoms with Crippen LogP contribution in [0.5, 0.6) is 0 Å². The van der Waals surface area contributed by atoms with E-state index in [4.69, 9.17) is 25.0 Å². The second-order valence-electron chi connectivity index (χ2n) is 10.3. The van der Waals surface area contributed by atoms with E-state index in [9.17, 15) is 19.2 Å². The van der Waals surface area contributed by atoms with Crippen molar-refractivity contribution < 1.29 is 44.2 Å². The van der Waals surface area contributed by atoms with E-state index in [2.05, 4.69) is 0 Å². The van der Waals surface area contributed by atoms with E-state index in [1.807, 2.05) is 0 Å². The first-order valence-electron chi connectivity index (χ1n) is 28.2. The monoisotopic (exact) mass is 648 g/mol. The molecule has 0 spiro atoms. The molecule has 0 bridgehead atoms. The van der Waals surface area contributed by atoms with Crippen LogP contribution < -0.4 is 4.90 Å². The molecule has 0 saturated heterocycles. The highest BCUT2D eigenvalue weighted by Gasteiger charge is 2.40. The molecule has 1 aliphatic rings. The molecule has 47 heavy (non-hydrogen) atoms. The van der Waals surface area contributed by atoms with Crippen LogP contribution in [0.2, 0.25) is 0 Å². The third kappa shape index (κ3) is 3.78. The number of thiophene rings is 1. The summed E-state index contributed by atoms with van der Waals surface area (Å²) in [5.41, 5.74) is -12.4. The van der Waals surface area contributed by atoms with Crippen molar-refractivity contribution >= 4 is 70.5 Å². The summed E-state index contributed by atoms with van der Waals surface area (Å²) in [6, 6.07) is -25.4. The van der Waals surface area contributed by atoms with Crippen LogP contribution in [0.25, 0.3) is 53.2 Å². The second kappa shape index (κ2) is 9.93. The highest BCUT2D eigenvalue weighted by Crippen LogP contribution is 2.53. The van der Waals surface area contributed by atoms with Gasteiger partial charge in [-0.2, -0.15) is 0 Å². The molecular weight excluding hydrogens is 591 g/mol. The molecule has 10 rings (SSSR count). The normalized spacial score (nSPS) is 22.3. The van der Waals surface area contributed by atoms with Gasteiger partial charge in [-0.1, -0.05) is 109 Å². The molecule has 222 valence electrons. The summed E-state index contributed by atoms with van der Waals surface area (Å²) in [7, 11) is 0. The largest absolute Gasteiger partial charge is 0.454 e. The van der Waals surface area contributed by atoms with Crippen molar-refractivity contribution in [2.24, 2.45) is 0 Å². The van der Waals surface area contributed by atoms with Crippen LogP contribution in [0.3, 0.4) is 0 Å². The summed E-state index contributed by atoms with van der Waals surface area (Å²) < 4.78 is 268. The molecule has 0 N–H and O–H groups in total. The van der Waals surface area contributed by atoms with Gasteiger partial charge in [-0.05, 0) is 83.0 Å². The zero-order valence-electron chi connectivity index (χ0n) is 52.3. The maximum atomic E-state index is 9.97. The van der Waals surface area contributed by atoms with E-state index in [1.165, 1.54) is 0 Å². The molecule has 0 unspecified atom stereocenters. The van der Waals surface area contributed by atoms with E-state index in [-0.39, 0.29) is 20.2 Å². The van der Waals surface area contributed by atoms with Gasteiger partial charge in [-0.25, -0.2) is 0 Å². The quantitative estimate of drug-likeness (QED) is 0.189. The highest BCUT2D eigenvalue weighted by molar-refractivity contribution is 7.25. The number of anilines is 3. The Morgan fingerprint density at radius 3 is 2.09 bits per heavy atom. The zero-order valence-corrected chi connectivity index (χ0v) is 24.1. The van der Waals surface area contributed by atoms with Crippen molar-refractivity contribution in [3.05, 3.63) is 174 Å². The molecule has 0 saturated carbocycles. The molecule has 0 radical (unpaired) electrons. The van der Waals surface area contributed by atoms with Crippen molar-refractivity contribution in [1.82, 2.24) is 0 Å². The summed E-state index contributed by atoms with van der Waals surface area (Å²) in [4.78, 5) is 0.530. The van der Waals surface area contributed by atoms with E-state index >= 15 is 0 Å². The van der Waals surface area contributed by atoms with Crippen molar-refractivity contribution in [2.45, 2.75) is 12.3 Å². The molecule has 2 heterocycles. The fourth-order valence-corrected chi connectivity index (χ4v) is 6.75. The van der Waals surface area contributed by atoms with Gasteiger partial charge in [0.2, 0.25) is 0 Å². The summed E-state index contributed by atoms with van der Waals surface area (Å²) in [5, 5.41) is -2.18. The Kier molecular flexibility index (Phi) is 2.26. The maximum absolute atomic E-state index is 9.97. The van der Waals surface area contributed by atoms with Gasteiger partial charge in [-0.3, -0.25) is 0 Å². The minimum absolute atomic E-state index is 0.164. The Morgan fingerprint density at radius 2 is 1.28 bits per heavy atom. The lowest BCUT2D eigenvalue weighted by molar-refractivity contribution is 0.667. The SMILES string of the molecule is [2H]c1c([2H])c([2H])c(N(c2c([2H])c([2H])c3c(sc4c([2H])c([2H])c([2H])c([2H])c43)c2[2H])c2c([2H])c([2H])c([2H])c3c2oc2c([2H])c([2H])c(C4(C([2H])([2H])[2H])c5c([2H])c([2H])c([2H])c([2H])c5-c5c([2H])c([2H])c([2H])c([2H])c54)c([2H])c23)c([2H])c1[2H]. The second-order valence-corrected chi connectivity index (χ2v) is 11.3. The Balaban J connectivity index is 1.44. The molecule has 0 fully saturated rings. The van der Waals surface area contributed by atoms with Gasteiger partial charge in [0.25, 0.3) is 0 Å². The molecule has 2 aromatic heterocycles. The van der Waals surface area contributed by atoms with E-state index < -0.39 is 236 Å². The van der Waals surface area contributed by atoms with Crippen LogP contribution in [0.4, 0.5) is 17.1 Å². The molecule has 1 aliphatic carbocycles. The smallest absolute Gasteiger partial charge is 0.159 e. The van der Waals surface area contributed by atoms with Crippen LogP contribution in [-0.2, 0) is 5.41 Å². The van der Waals surface area contributed by atoms with Crippen LogP contribution >= 0.6 is 11.3 Å². The Bertz CT molecular complexity index is 4150. The number of furan rings is 1. The third-order valence-corrected chi connectivity index (χ3v) is 8.84. The molecule has 0 aliphatic heterocycles. The minimum Gasteiger partial charge on any atom is -0.454 e. The Hall–Kier alpha value is -5.64. The highest BCUT2D eigenvalue weighted by atomic mass is 32.1. The first kappa shape index (κ1) is 10.7. The Labute approximate surface area is 317 Å². The standard InChI is InChI=1S/C44H29NOS/c1-44(37-18-8-5-14-31(37)32-15-6-9-19-38(32)44)28-22-25-40-36(26-28)35-17-11-20-39(43(35)46-40)45(29-12-3-2-4-13-29)30-23-24-34-33-16-7-10-21-41(33)47-42(34)27-30/h2-27H,1H3/i1D3,2D,3D,4D,5D,6D,7D,8D,9D,10D,11D,12D,13D,14D,15D,16D,17D,18D,19D,20D,21D,22D,23D,24D,25D,26D,27D. The van der Waals surface area contributed by atoms with Gasteiger partial charge >= 0.3 is 0 Å². The first-order chi connectivity index (χ1) is 35.3. The van der Waals surface area contributed by atoms with Crippen LogP contribution in [0.1, 0.15) is 63.3 Å². The summed E-state index contributed by atoms with van der Waals surface area (Å²) in [6.45, 7) is -3.81. The van der Waals surface area contributed by atoms with Gasteiger partial charge in [-0.15, -0.1) is 11.3 Å². The van der Waals surface area contributed by atoms with Crippen LogP contribution in [-0.4, -0.2) is 0 Å². The molecular formula is C44H29NOS. The van der Waals surface area contributed by atoms with Crippen molar-refractivity contribution in [3.63, 3.8) is 0 Å². The Morgan fingerprint density at radius 1 is 0.574 bits per heavy atom. The van der Waals surface area contributed by atoms with Gasteiger partial charge < -0.3 is 9.32 Å². The molecule has 9 aromatic rings. The van der Waals surface area contributed by atoms with Crippen LogP contribution in [0.15, 0.2) is 162 Å². The van der Waals surface area contributed by atoms with Crippen molar-refractivity contribution in [2.75, 3.05) is 4.90 Å². The number of para-hydroxylation sites is 2. The zero-order chi connectivity index (χ0) is 56.2. The number of benzene rings is 7. The van der Waals surface area contributed by atoms with E-state index in [0.717, 1.165) is 0 Å². The molecule has 2 nitrogen and oxygen atoms in total. The lowest BCUT2D eigenvalue weighted by Gasteiger charge is -2.28. The molecule has 7 aromatic carbocycles. The number of fused-ring (bicyclic) bond motifs is 9. The molecule has 0 atom stereocenters. The molecule has 3 heteroatoms. The lowest BCUT2D eigenvalue weighted by Crippen LogP contribution is -2.22. The average molecular weight is 649 g/mol. The van der Waals surface area contributed by atoms with Gasteiger partial charge in [0, 0.05) is 51.8 Å². The maximum Gasteiger partial charge on any atom is 0.159 e. The fourth-order valence-electron chi connectivity index (χ4n) is 5.78. The predicted octanol–water partition coefficient (Wildman–Crippen LogP) is 12.8. The third-order valence-electron chi connectivity index (χ3n) is 7.82. The average Bonchev–Trinajstić information content (AvgIpc) is 4.28. The number of hydrogen-bond donors (Lipinski definition) is 0. The van der Waals surface area contributed by atoms with Crippen molar-refractivity contribution in [1.29, 1.82) is 0 Å². The summed E-state index contributed by atoms with van der Waals surface area (Å²) >= 11 is 0.575. The van der Waals surface area contributed by atoms with Gasteiger partial charge in [0.15, 0.2) is 5.58 Å². The fraction of sp³-hybridized carbons (Fsp3) is 0.0455. The number of hydrogen-bond acceptors (Lipinski definition) is 3. The summed E-state index contributed by atoms with van der Waals surface area (Å²) in [5.74, 6) is 0. The van der Waals surface area contributed by atoms with E-state index in [0.29, 0.717) is 16.2 Å². The number of rotatable bonds is 4. The van der Waals surface area contributed by atoms with Gasteiger partial charge in [0.1, 0.15) is 5.58 Å².